The van der Waals surface area contributed by atoms with Crippen LogP contribution in [0.25, 0.3) is 0 Å². The van der Waals surface area contributed by atoms with Crippen molar-refractivity contribution in [1.29, 1.82) is 0 Å². The van der Waals surface area contributed by atoms with Gasteiger partial charge in [-0.15, -0.1) is 0 Å². The highest BCUT2D eigenvalue weighted by molar-refractivity contribution is 7.80. The van der Waals surface area contributed by atoms with E-state index in [1.165, 1.54) is 12.1 Å². The maximum absolute atomic E-state index is 12.1. The number of anilines is 1. The smallest absolute Gasteiger partial charge is 0.288 e. The normalized spacial score (nSPS) is 9.92. The van der Waals surface area contributed by atoms with Gasteiger partial charge in [0.15, 0.2) is 5.11 Å². The number of rotatable bonds is 4. The molecule has 1 amide bonds. The van der Waals surface area contributed by atoms with Crippen LogP contribution in [0, 0.1) is 10.1 Å². The number of halogens is 1. The van der Waals surface area contributed by atoms with Crippen molar-refractivity contribution in [3.05, 3.63) is 63.2 Å². The van der Waals surface area contributed by atoms with Gasteiger partial charge in [0, 0.05) is 17.3 Å². The van der Waals surface area contributed by atoms with Crippen molar-refractivity contribution in [2.45, 2.75) is 0 Å². The molecule has 0 unspecified atom stereocenters. The number of nitrogens with zero attached hydrogens (tertiary/aromatic N) is 1. The molecule has 0 atom stereocenters. The number of nitro benzene ring substituents is 1. The summed E-state index contributed by atoms with van der Waals surface area (Å²) in [5.41, 5.74) is 0.381. The number of carbonyl (C=O) groups excluding carboxylic acids is 1. The number of carbonyl (C=O) groups is 1. The van der Waals surface area contributed by atoms with Crippen LogP contribution in [0.4, 0.5) is 11.4 Å². The van der Waals surface area contributed by atoms with Crippen LogP contribution in [0.1, 0.15) is 10.4 Å². The molecule has 0 saturated carbocycles. The Morgan fingerprint density at radius 2 is 1.92 bits per heavy atom. The van der Waals surface area contributed by atoms with E-state index in [4.69, 9.17) is 28.6 Å². The molecule has 0 aliphatic heterocycles. The van der Waals surface area contributed by atoms with Crippen LogP contribution < -0.4 is 15.4 Å². The zero-order valence-electron chi connectivity index (χ0n) is 12.4. The highest BCUT2D eigenvalue weighted by atomic mass is 35.5. The molecule has 0 bridgehead atoms. The van der Waals surface area contributed by atoms with Crippen LogP contribution in [0.3, 0.4) is 0 Å². The fourth-order valence-corrected chi connectivity index (χ4v) is 2.20. The molecule has 0 aliphatic rings. The lowest BCUT2D eigenvalue weighted by Crippen LogP contribution is -2.34. The summed E-state index contributed by atoms with van der Waals surface area (Å²) in [6, 6.07) is 10.7. The van der Waals surface area contributed by atoms with Crippen molar-refractivity contribution >= 4 is 46.2 Å². The van der Waals surface area contributed by atoms with Crippen LogP contribution in [-0.2, 0) is 0 Å². The third-order valence-electron chi connectivity index (χ3n) is 2.98. The lowest BCUT2D eigenvalue weighted by molar-refractivity contribution is -0.384. The number of ether oxygens (including phenoxy) is 1. The monoisotopic (exact) mass is 365 g/mol. The molecule has 0 saturated heterocycles. The molecular formula is C15H12ClN3O4S. The average molecular weight is 366 g/mol. The lowest BCUT2D eigenvalue weighted by Gasteiger charge is -2.10. The Labute approximate surface area is 147 Å². The van der Waals surface area contributed by atoms with E-state index < -0.39 is 10.8 Å². The Hall–Kier alpha value is -2.71. The van der Waals surface area contributed by atoms with Crippen molar-refractivity contribution in [3.63, 3.8) is 0 Å². The van der Waals surface area contributed by atoms with Gasteiger partial charge in [-0.1, -0.05) is 11.6 Å². The second-order valence-electron chi connectivity index (χ2n) is 4.56. The number of nitrogens with one attached hydrogen (secondary N) is 2. The van der Waals surface area contributed by atoms with Gasteiger partial charge < -0.3 is 10.1 Å². The Bertz CT molecular complexity index is 796. The van der Waals surface area contributed by atoms with E-state index in [1.54, 1.807) is 31.4 Å². The predicted molar refractivity (Wildman–Crippen MR) is 94.8 cm³/mol. The number of thiocarbonyl (C=S) groups is 1. The molecule has 0 aromatic heterocycles. The standard InChI is InChI=1S/C15H12ClN3O4S/c1-23-11-5-3-10(4-6-11)17-15(24)18-14(20)9-2-7-12(16)13(8-9)19(21)22/h2-8H,1H3,(H2,17,18,20,24). The molecule has 0 aliphatic carbocycles. The summed E-state index contributed by atoms with van der Waals surface area (Å²) in [4.78, 5) is 22.3. The first-order valence-electron chi connectivity index (χ1n) is 6.61. The SMILES string of the molecule is COc1ccc(NC(=S)NC(=O)c2ccc(Cl)c([N+](=O)[O-])c2)cc1. The van der Waals surface area contributed by atoms with E-state index in [-0.39, 0.29) is 21.4 Å². The fourth-order valence-electron chi connectivity index (χ4n) is 1.81. The van der Waals surface area contributed by atoms with Crippen molar-refractivity contribution in [2.75, 3.05) is 12.4 Å². The second kappa shape index (κ2) is 7.71. The number of methoxy groups -OCH3 is 1. The Morgan fingerprint density at radius 1 is 1.25 bits per heavy atom. The van der Waals surface area contributed by atoms with Crippen LogP contribution in [0.5, 0.6) is 5.75 Å². The van der Waals surface area contributed by atoms with Gasteiger partial charge in [0.25, 0.3) is 11.6 Å². The zero-order chi connectivity index (χ0) is 17.7. The van der Waals surface area contributed by atoms with E-state index in [0.29, 0.717) is 11.4 Å². The van der Waals surface area contributed by atoms with Crippen LogP contribution in [0.2, 0.25) is 5.02 Å². The van der Waals surface area contributed by atoms with Crippen molar-refractivity contribution < 1.29 is 14.5 Å². The maximum Gasteiger partial charge on any atom is 0.288 e. The van der Waals surface area contributed by atoms with Gasteiger partial charge >= 0.3 is 0 Å². The minimum Gasteiger partial charge on any atom is -0.497 e. The highest BCUT2D eigenvalue weighted by Crippen LogP contribution is 2.25. The van der Waals surface area contributed by atoms with Gasteiger partial charge in [-0.05, 0) is 48.6 Å². The molecule has 24 heavy (non-hydrogen) atoms. The molecule has 0 spiro atoms. The van der Waals surface area contributed by atoms with E-state index >= 15 is 0 Å². The number of hydrogen-bond acceptors (Lipinski definition) is 5. The molecule has 0 heterocycles. The number of nitro groups is 1. The summed E-state index contributed by atoms with van der Waals surface area (Å²) < 4.78 is 5.04. The summed E-state index contributed by atoms with van der Waals surface area (Å²) >= 11 is 10.8. The second-order valence-corrected chi connectivity index (χ2v) is 5.38. The van der Waals surface area contributed by atoms with Gasteiger partial charge in [0.1, 0.15) is 10.8 Å². The van der Waals surface area contributed by atoms with Crippen molar-refractivity contribution in [2.24, 2.45) is 0 Å². The van der Waals surface area contributed by atoms with Crippen molar-refractivity contribution in [3.8, 4) is 5.75 Å². The first kappa shape index (κ1) is 17.6. The van der Waals surface area contributed by atoms with Crippen LogP contribution in [-0.4, -0.2) is 23.1 Å². The maximum atomic E-state index is 12.1. The summed E-state index contributed by atoms with van der Waals surface area (Å²) in [6.45, 7) is 0. The number of amides is 1. The summed E-state index contributed by atoms with van der Waals surface area (Å²) in [6.07, 6.45) is 0. The molecule has 2 aromatic carbocycles. The fraction of sp³-hybridized carbons (Fsp3) is 0.0667. The first-order valence-corrected chi connectivity index (χ1v) is 7.39. The van der Waals surface area contributed by atoms with E-state index in [2.05, 4.69) is 10.6 Å². The number of hydrogen-bond donors (Lipinski definition) is 2. The van der Waals surface area contributed by atoms with Gasteiger partial charge in [0.2, 0.25) is 0 Å². The molecular weight excluding hydrogens is 354 g/mol. The topological polar surface area (TPSA) is 93.5 Å². The minimum absolute atomic E-state index is 0.0458. The van der Waals surface area contributed by atoms with Crippen LogP contribution >= 0.6 is 23.8 Å². The summed E-state index contributed by atoms with van der Waals surface area (Å²) in [5.74, 6) is 0.102. The molecule has 0 fully saturated rings. The van der Waals surface area contributed by atoms with E-state index in [0.717, 1.165) is 6.07 Å². The largest absolute Gasteiger partial charge is 0.497 e. The van der Waals surface area contributed by atoms with Gasteiger partial charge in [0.05, 0.1) is 12.0 Å². The molecule has 7 nitrogen and oxygen atoms in total. The van der Waals surface area contributed by atoms with Gasteiger partial charge in [-0.2, -0.15) is 0 Å². The highest BCUT2D eigenvalue weighted by Gasteiger charge is 2.16. The molecule has 9 heteroatoms. The molecule has 0 radical (unpaired) electrons. The van der Waals surface area contributed by atoms with Gasteiger partial charge in [-0.3, -0.25) is 20.2 Å². The zero-order valence-corrected chi connectivity index (χ0v) is 14.0. The third-order valence-corrected chi connectivity index (χ3v) is 3.50. The Kier molecular flexibility index (Phi) is 5.67. The predicted octanol–water partition coefficient (Wildman–Crippen LogP) is 3.38. The quantitative estimate of drug-likeness (QED) is 0.490. The third kappa shape index (κ3) is 4.40. The summed E-state index contributed by atoms with van der Waals surface area (Å²) in [7, 11) is 1.55. The average Bonchev–Trinajstić information content (AvgIpc) is 2.55. The Balaban J connectivity index is 2.04. The Morgan fingerprint density at radius 3 is 2.50 bits per heavy atom. The molecule has 124 valence electrons. The summed E-state index contributed by atoms with van der Waals surface area (Å²) in [5, 5.41) is 16.1. The van der Waals surface area contributed by atoms with Crippen molar-refractivity contribution in [1.82, 2.24) is 5.32 Å². The molecule has 2 aromatic rings. The first-order chi connectivity index (χ1) is 11.4. The van der Waals surface area contributed by atoms with Gasteiger partial charge in [-0.25, -0.2) is 0 Å². The molecule has 2 N–H and O–H groups in total. The van der Waals surface area contributed by atoms with E-state index in [1.807, 2.05) is 0 Å². The molecule has 2 rings (SSSR count). The lowest BCUT2D eigenvalue weighted by atomic mass is 10.2. The minimum atomic E-state index is -0.660. The van der Waals surface area contributed by atoms with E-state index in [9.17, 15) is 14.9 Å². The van der Waals surface area contributed by atoms with Crippen LogP contribution in [0.15, 0.2) is 42.5 Å². The number of benzene rings is 2.